The van der Waals surface area contributed by atoms with E-state index in [0.717, 1.165) is 0 Å². The van der Waals surface area contributed by atoms with Gasteiger partial charge in [0, 0.05) is 6.20 Å². The Balaban J connectivity index is 4.04. The third-order valence-electron chi connectivity index (χ3n) is 0.691. The van der Waals surface area contributed by atoms with Crippen LogP contribution in [-0.4, -0.2) is 6.21 Å². The summed E-state index contributed by atoms with van der Waals surface area (Å²) in [6.45, 7) is 3.30. The van der Waals surface area contributed by atoms with E-state index in [2.05, 4.69) is 11.6 Å². The topological polar surface area (TPSA) is 88.2 Å². The highest BCUT2D eigenvalue weighted by Crippen LogP contribution is 1.86. The molecule has 4 heteroatoms. The van der Waals surface area contributed by atoms with Crippen LogP contribution in [0.5, 0.6) is 0 Å². The van der Waals surface area contributed by atoms with Gasteiger partial charge in [-0.2, -0.15) is 5.26 Å². The lowest BCUT2D eigenvalue weighted by Crippen LogP contribution is -2.01. The molecule has 0 aliphatic heterocycles. The van der Waals surface area contributed by atoms with Gasteiger partial charge in [0.05, 0.1) is 11.9 Å². The van der Waals surface area contributed by atoms with Crippen molar-refractivity contribution in [1.29, 1.82) is 5.26 Å². The van der Waals surface area contributed by atoms with Gasteiger partial charge in [-0.1, -0.05) is 6.58 Å². The van der Waals surface area contributed by atoms with Crippen LogP contribution >= 0.6 is 0 Å². The molecule has 0 saturated heterocycles. The van der Waals surface area contributed by atoms with Gasteiger partial charge in [-0.3, -0.25) is 0 Å². The van der Waals surface area contributed by atoms with Crippen LogP contribution in [0.15, 0.2) is 29.2 Å². The van der Waals surface area contributed by atoms with E-state index < -0.39 is 0 Å². The Hall–Kier alpha value is -1.76. The quantitative estimate of drug-likeness (QED) is 0.409. The zero-order chi connectivity index (χ0) is 7.98. The molecule has 52 valence electrons. The first-order chi connectivity index (χ1) is 4.70. The summed E-state index contributed by atoms with van der Waals surface area (Å²) < 4.78 is 0. The lowest BCUT2D eigenvalue weighted by atomic mass is 10.5. The second-order valence-electron chi connectivity index (χ2n) is 1.48. The fourth-order valence-corrected chi connectivity index (χ4v) is 0.224. The van der Waals surface area contributed by atoms with Crippen molar-refractivity contribution in [3.8, 4) is 6.07 Å². The lowest BCUT2D eigenvalue weighted by molar-refractivity contribution is 1.37. The molecule has 4 N–H and O–H groups in total. The summed E-state index contributed by atoms with van der Waals surface area (Å²) in [6, 6.07) is 1.73. The standard InChI is InChI=1S/C6H8N4/c1-5(2-7)10-4-6(9)3-8/h3-4H,1,8-9H2/b6-3+,10-4-. The molecular formula is C6H8N4. The molecule has 0 amide bonds. The first-order valence-corrected chi connectivity index (χ1v) is 2.51. The zero-order valence-electron chi connectivity index (χ0n) is 5.41. The Morgan fingerprint density at radius 1 is 1.70 bits per heavy atom. The number of nitrogens with zero attached hydrogens (tertiary/aromatic N) is 2. The van der Waals surface area contributed by atoms with Crippen molar-refractivity contribution < 1.29 is 0 Å². The maximum Gasteiger partial charge on any atom is 0.133 e. The van der Waals surface area contributed by atoms with E-state index in [1.165, 1.54) is 12.4 Å². The molecule has 0 unspecified atom stereocenters. The van der Waals surface area contributed by atoms with Crippen LogP contribution in [0.3, 0.4) is 0 Å². The van der Waals surface area contributed by atoms with Crippen molar-refractivity contribution in [3.05, 3.63) is 24.2 Å². The van der Waals surface area contributed by atoms with Gasteiger partial charge in [0.15, 0.2) is 0 Å². The highest BCUT2D eigenvalue weighted by molar-refractivity contribution is 5.78. The minimum Gasteiger partial charge on any atom is -0.403 e. The highest BCUT2D eigenvalue weighted by Gasteiger charge is 1.82. The van der Waals surface area contributed by atoms with Gasteiger partial charge in [0.2, 0.25) is 0 Å². The number of allylic oxidation sites excluding steroid dienone is 2. The summed E-state index contributed by atoms with van der Waals surface area (Å²) in [5.74, 6) is 0. The van der Waals surface area contributed by atoms with Crippen LogP contribution in [0.2, 0.25) is 0 Å². The maximum absolute atomic E-state index is 8.17. The third kappa shape index (κ3) is 3.27. The van der Waals surface area contributed by atoms with Crippen molar-refractivity contribution in [3.63, 3.8) is 0 Å². The number of hydrogen-bond donors (Lipinski definition) is 2. The van der Waals surface area contributed by atoms with Crippen LogP contribution in [0, 0.1) is 11.3 Å². The first kappa shape index (κ1) is 8.24. The number of nitriles is 1. The molecule has 4 nitrogen and oxygen atoms in total. The molecule has 0 aliphatic rings. The van der Waals surface area contributed by atoms with Crippen molar-refractivity contribution in [2.24, 2.45) is 16.5 Å². The molecule has 0 fully saturated rings. The number of hydrogen-bond acceptors (Lipinski definition) is 4. The predicted octanol–water partition coefficient (Wildman–Crippen LogP) is -0.147. The van der Waals surface area contributed by atoms with Crippen molar-refractivity contribution in [2.45, 2.75) is 0 Å². The molecular weight excluding hydrogens is 128 g/mol. The fraction of sp³-hybridized carbons (Fsp3) is 0. The summed E-state index contributed by atoms with van der Waals surface area (Å²) >= 11 is 0. The Bertz CT molecular complexity index is 218. The molecule has 0 bridgehead atoms. The molecule has 0 aromatic heterocycles. The number of rotatable bonds is 2. The minimum atomic E-state index is 0.102. The van der Waals surface area contributed by atoms with Crippen molar-refractivity contribution >= 4 is 6.21 Å². The third-order valence-corrected chi connectivity index (χ3v) is 0.691. The molecule has 0 atom stereocenters. The molecule has 0 heterocycles. The zero-order valence-corrected chi connectivity index (χ0v) is 5.41. The number of aliphatic imine (C=N–C) groups is 1. The summed E-state index contributed by atoms with van der Waals surface area (Å²) in [5.41, 5.74) is 10.6. The van der Waals surface area contributed by atoms with E-state index in [1.54, 1.807) is 6.07 Å². The Kier molecular flexibility index (Phi) is 3.42. The molecule has 0 radical (unpaired) electrons. The van der Waals surface area contributed by atoms with E-state index >= 15 is 0 Å². The van der Waals surface area contributed by atoms with Crippen LogP contribution < -0.4 is 11.5 Å². The van der Waals surface area contributed by atoms with Crippen molar-refractivity contribution in [1.82, 2.24) is 0 Å². The van der Waals surface area contributed by atoms with Gasteiger partial charge in [0.1, 0.15) is 11.8 Å². The average molecular weight is 136 g/mol. The highest BCUT2D eigenvalue weighted by atomic mass is 14.8. The second kappa shape index (κ2) is 4.15. The van der Waals surface area contributed by atoms with Crippen LogP contribution in [0.1, 0.15) is 0 Å². The molecule has 0 saturated carbocycles. The van der Waals surface area contributed by atoms with Gasteiger partial charge < -0.3 is 11.5 Å². The second-order valence-corrected chi connectivity index (χ2v) is 1.48. The SMILES string of the molecule is C=C(C#N)/N=C\C(N)=C/N. The van der Waals surface area contributed by atoms with Crippen LogP contribution in [0.25, 0.3) is 0 Å². The minimum absolute atomic E-state index is 0.102. The summed E-state index contributed by atoms with van der Waals surface area (Å²) in [4.78, 5) is 3.56. The van der Waals surface area contributed by atoms with Gasteiger partial charge >= 0.3 is 0 Å². The monoisotopic (exact) mass is 136 g/mol. The van der Waals surface area contributed by atoms with E-state index in [9.17, 15) is 0 Å². The number of nitrogens with two attached hydrogens (primary N) is 2. The van der Waals surface area contributed by atoms with Gasteiger partial charge in [0.25, 0.3) is 0 Å². The molecule has 0 aromatic rings. The fourth-order valence-electron chi connectivity index (χ4n) is 0.224. The van der Waals surface area contributed by atoms with Crippen molar-refractivity contribution in [2.75, 3.05) is 0 Å². The lowest BCUT2D eigenvalue weighted by Gasteiger charge is -1.85. The van der Waals surface area contributed by atoms with E-state index in [1.807, 2.05) is 0 Å². The summed E-state index contributed by atoms with van der Waals surface area (Å²) in [5, 5.41) is 8.17. The maximum atomic E-state index is 8.17. The van der Waals surface area contributed by atoms with E-state index in [4.69, 9.17) is 16.7 Å². The van der Waals surface area contributed by atoms with Gasteiger partial charge in [-0.15, -0.1) is 0 Å². The molecule has 0 aliphatic carbocycles. The van der Waals surface area contributed by atoms with E-state index in [0.29, 0.717) is 5.70 Å². The van der Waals surface area contributed by atoms with Gasteiger partial charge in [-0.05, 0) is 0 Å². The molecule has 0 aromatic carbocycles. The molecule has 0 rings (SSSR count). The Morgan fingerprint density at radius 2 is 2.30 bits per heavy atom. The molecule has 0 spiro atoms. The normalized spacial score (nSPS) is 11.3. The van der Waals surface area contributed by atoms with Gasteiger partial charge in [-0.25, -0.2) is 4.99 Å². The van der Waals surface area contributed by atoms with E-state index in [-0.39, 0.29) is 5.70 Å². The first-order valence-electron chi connectivity index (χ1n) is 2.51. The Labute approximate surface area is 59.2 Å². The summed E-state index contributed by atoms with van der Waals surface area (Å²) in [7, 11) is 0. The van der Waals surface area contributed by atoms with Crippen LogP contribution in [0.4, 0.5) is 0 Å². The average Bonchev–Trinajstić information content (AvgIpc) is 1.99. The Morgan fingerprint density at radius 3 is 2.70 bits per heavy atom. The van der Waals surface area contributed by atoms with Crippen LogP contribution in [-0.2, 0) is 0 Å². The largest absolute Gasteiger partial charge is 0.403 e. The smallest absolute Gasteiger partial charge is 0.133 e. The predicted molar refractivity (Wildman–Crippen MR) is 39.7 cm³/mol. The summed E-state index contributed by atoms with van der Waals surface area (Å²) in [6.07, 6.45) is 2.46. The molecule has 10 heavy (non-hydrogen) atoms.